The second-order valence-electron chi connectivity index (χ2n) is 5.13. The number of fused-ring (bicyclic) bond motifs is 3. The number of nitrogens with one attached hydrogen (secondary N) is 1. The first-order valence-corrected chi connectivity index (χ1v) is 6.61. The number of benzene rings is 1. The van der Waals surface area contributed by atoms with Crippen molar-refractivity contribution in [3.8, 4) is 5.75 Å². The number of aliphatic hydroxyl groups is 1. The minimum Gasteiger partial charge on any atom is -0.508 e. The molecule has 0 radical (unpaired) electrons. The summed E-state index contributed by atoms with van der Waals surface area (Å²) >= 11 is 0. The van der Waals surface area contributed by atoms with Crippen LogP contribution >= 0.6 is 0 Å². The molecule has 0 aromatic heterocycles. The van der Waals surface area contributed by atoms with Crippen LogP contribution in [0.25, 0.3) is 0 Å². The lowest BCUT2D eigenvalue weighted by Crippen LogP contribution is -2.36. The summed E-state index contributed by atoms with van der Waals surface area (Å²) in [7, 11) is 0. The van der Waals surface area contributed by atoms with Crippen molar-refractivity contribution in [2.45, 2.75) is 31.4 Å². The zero-order chi connectivity index (χ0) is 12.5. The normalized spacial score (nSPS) is 29.5. The van der Waals surface area contributed by atoms with E-state index >= 15 is 0 Å². The number of rotatable bonds is 3. The highest BCUT2D eigenvalue weighted by molar-refractivity contribution is 5.58. The molecule has 18 heavy (non-hydrogen) atoms. The van der Waals surface area contributed by atoms with Crippen LogP contribution in [0.15, 0.2) is 18.2 Å². The first-order chi connectivity index (χ1) is 8.79. The quantitative estimate of drug-likeness (QED) is 0.717. The van der Waals surface area contributed by atoms with E-state index in [2.05, 4.69) is 5.32 Å². The van der Waals surface area contributed by atoms with Crippen molar-refractivity contribution >= 4 is 5.69 Å². The highest BCUT2D eigenvalue weighted by Gasteiger charge is 2.40. The van der Waals surface area contributed by atoms with Gasteiger partial charge in [-0.2, -0.15) is 0 Å². The SMILES string of the molecule is OCCCC1Nc2ccc(O)cc2C2OCCC12. The molecule has 3 unspecified atom stereocenters. The van der Waals surface area contributed by atoms with Gasteiger partial charge in [-0.05, 0) is 37.5 Å². The summed E-state index contributed by atoms with van der Waals surface area (Å²) in [5.41, 5.74) is 2.12. The Hall–Kier alpha value is -1.26. The van der Waals surface area contributed by atoms with Crippen LogP contribution in [0, 0.1) is 5.92 Å². The van der Waals surface area contributed by atoms with Gasteiger partial charge in [0.2, 0.25) is 0 Å². The predicted molar refractivity (Wildman–Crippen MR) is 68.6 cm³/mol. The van der Waals surface area contributed by atoms with Gasteiger partial charge in [0.25, 0.3) is 0 Å². The van der Waals surface area contributed by atoms with Crippen LogP contribution in [-0.2, 0) is 4.74 Å². The van der Waals surface area contributed by atoms with E-state index in [9.17, 15) is 5.11 Å². The lowest BCUT2D eigenvalue weighted by atomic mass is 9.82. The zero-order valence-corrected chi connectivity index (χ0v) is 10.3. The first kappa shape index (κ1) is 11.8. The molecule has 98 valence electrons. The topological polar surface area (TPSA) is 61.7 Å². The van der Waals surface area contributed by atoms with E-state index in [0.717, 1.165) is 37.1 Å². The maximum atomic E-state index is 9.60. The monoisotopic (exact) mass is 249 g/mol. The largest absolute Gasteiger partial charge is 0.508 e. The number of ether oxygens (including phenoxy) is 1. The van der Waals surface area contributed by atoms with Gasteiger partial charge in [-0.1, -0.05) is 0 Å². The van der Waals surface area contributed by atoms with Gasteiger partial charge in [-0.3, -0.25) is 0 Å². The number of phenolic OH excluding ortho intramolecular Hbond substituents is 1. The highest BCUT2D eigenvalue weighted by Crippen LogP contribution is 2.46. The van der Waals surface area contributed by atoms with Gasteiger partial charge in [0, 0.05) is 36.4 Å². The third-order valence-electron chi connectivity index (χ3n) is 4.01. The van der Waals surface area contributed by atoms with Crippen molar-refractivity contribution in [2.75, 3.05) is 18.5 Å². The van der Waals surface area contributed by atoms with E-state index in [1.54, 1.807) is 12.1 Å². The zero-order valence-electron chi connectivity index (χ0n) is 10.3. The van der Waals surface area contributed by atoms with Crippen molar-refractivity contribution < 1.29 is 14.9 Å². The molecule has 1 aromatic carbocycles. The average Bonchev–Trinajstić information content (AvgIpc) is 2.86. The molecule has 1 saturated heterocycles. The third kappa shape index (κ3) is 1.95. The Balaban J connectivity index is 1.89. The molecule has 0 bridgehead atoms. The molecule has 3 N–H and O–H groups in total. The number of hydrogen-bond donors (Lipinski definition) is 3. The Labute approximate surface area is 107 Å². The number of hydrogen-bond acceptors (Lipinski definition) is 4. The van der Waals surface area contributed by atoms with Gasteiger partial charge in [-0.15, -0.1) is 0 Å². The maximum absolute atomic E-state index is 9.60. The summed E-state index contributed by atoms with van der Waals surface area (Å²) in [6.07, 6.45) is 2.91. The van der Waals surface area contributed by atoms with Crippen molar-refractivity contribution in [3.63, 3.8) is 0 Å². The van der Waals surface area contributed by atoms with Gasteiger partial charge in [0.05, 0.1) is 6.10 Å². The van der Waals surface area contributed by atoms with Gasteiger partial charge < -0.3 is 20.3 Å². The van der Waals surface area contributed by atoms with Crippen LogP contribution in [0.5, 0.6) is 5.75 Å². The second-order valence-corrected chi connectivity index (χ2v) is 5.13. The molecule has 2 aliphatic heterocycles. The summed E-state index contributed by atoms with van der Waals surface area (Å²) in [4.78, 5) is 0. The fourth-order valence-electron chi connectivity index (χ4n) is 3.16. The van der Waals surface area contributed by atoms with E-state index in [-0.39, 0.29) is 12.7 Å². The third-order valence-corrected chi connectivity index (χ3v) is 4.01. The Morgan fingerprint density at radius 2 is 2.28 bits per heavy atom. The summed E-state index contributed by atoms with van der Waals surface area (Å²) in [5.74, 6) is 0.740. The molecular weight excluding hydrogens is 230 g/mol. The number of aliphatic hydroxyl groups excluding tert-OH is 1. The Kier molecular flexibility index (Phi) is 3.14. The molecule has 2 heterocycles. The molecule has 0 spiro atoms. The summed E-state index contributed by atoms with van der Waals surface area (Å²) in [6.45, 7) is 1.01. The first-order valence-electron chi connectivity index (χ1n) is 6.61. The van der Waals surface area contributed by atoms with E-state index in [1.165, 1.54) is 0 Å². The standard InChI is InChI=1S/C14H19NO3/c16-6-1-2-12-10-5-7-18-14(10)11-8-9(17)3-4-13(11)15-12/h3-4,8,10,12,14-17H,1-2,5-7H2. The van der Waals surface area contributed by atoms with Crippen LogP contribution in [0.2, 0.25) is 0 Å². The Morgan fingerprint density at radius 3 is 3.11 bits per heavy atom. The van der Waals surface area contributed by atoms with Gasteiger partial charge in [-0.25, -0.2) is 0 Å². The smallest absolute Gasteiger partial charge is 0.116 e. The van der Waals surface area contributed by atoms with E-state index in [4.69, 9.17) is 9.84 Å². The molecule has 4 heteroatoms. The predicted octanol–water partition coefficient (Wildman–Crippen LogP) is 2.04. The number of aromatic hydroxyl groups is 1. The van der Waals surface area contributed by atoms with Crippen molar-refractivity contribution in [1.82, 2.24) is 0 Å². The molecule has 1 fully saturated rings. The molecule has 4 nitrogen and oxygen atoms in total. The van der Waals surface area contributed by atoms with Crippen LogP contribution in [-0.4, -0.2) is 29.5 Å². The Bertz CT molecular complexity index is 435. The molecule has 0 amide bonds. The fourth-order valence-corrected chi connectivity index (χ4v) is 3.16. The fraction of sp³-hybridized carbons (Fsp3) is 0.571. The molecule has 0 aliphatic carbocycles. The molecule has 0 saturated carbocycles. The van der Waals surface area contributed by atoms with Gasteiger partial charge in [0.1, 0.15) is 5.75 Å². The minimum absolute atomic E-state index is 0.0945. The van der Waals surface area contributed by atoms with E-state index in [1.807, 2.05) is 6.07 Å². The summed E-state index contributed by atoms with van der Waals surface area (Å²) in [5, 5.41) is 22.1. The lowest BCUT2D eigenvalue weighted by molar-refractivity contribution is 0.0811. The number of phenols is 1. The van der Waals surface area contributed by atoms with Gasteiger partial charge >= 0.3 is 0 Å². The van der Waals surface area contributed by atoms with Crippen molar-refractivity contribution in [1.29, 1.82) is 0 Å². The summed E-state index contributed by atoms with van der Waals surface area (Å²) < 4.78 is 5.83. The Morgan fingerprint density at radius 1 is 1.39 bits per heavy atom. The molecule has 2 aliphatic rings. The van der Waals surface area contributed by atoms with Crippen molar-refractivity contribution in [2.24, 2.45) is 5.92 Å². The van der Waals surface area contributed by atoms with E-state index < -0.39 is 0 Å². The maximum Gasteiger partial charge on any atom is 0.116 e. The summed E-state index contributed by atoms with van der Waals surface area (Å²) in [6, 6.07) is 5.77. The van der Waals surface area contributed by atoms with Gasteiger partial charge in [0.15, 0.2) is 0 Å². The molecule has 3 atom stereocenters. The van der Waals surface area contributed by atoms with Crippen LogP contribution in [0.1, 0.15) is 30.9 Å². The molecule has 1 aromatic rings. The van der Waals surface area contributed by atoms with E-state index in [0.29, 0.717) is 17.7 Å². The molecule has 3 rings (SSSR count). The number of anilines is 1. The molecular formula is C14H19NO3. The van der Waals surface area contributed by atoms with Crippen LogP contribution in [0.4, 0.5) is 5.69 Å². The van der Waals surface area contributed by atoms with Crippen molar-refractivity contribution in [3.05, 3.63) is 23.8 Å². The van der Waals surface area contributed by atoms with Crippen LogP contribution in [0.3, 0.4) is 0 Å². The average molecular weight is 249 g/mol. The highest BCUT2D eigenvalue weighted by atomic mass is 16.5. The minimum atomic E-state index is 0.0945. The second kappa shape index (κ2) is 4.78. The lowest BCUT2D eigenvalue weighted by Gasteiger charge is -2.36. The van der Waals surface area contributed by atoms with Crippen LogP contribution < -0.4 is 5.32 Å².